The molecule has 1 aromatic heterocycles. The Hall–Kier alpha value is -1.12. The fourth-order valence-electron chi connectivity index (χ4n) is 3.51. The van der Waals surface area contributed by atoms with E-state index in [-0.39, 0.29) is 17.9 Å². The van der Waals surface area contributed by atoms with Gasteiger partial charge in [-0.2, -0.15) is 0 Å². The first-order chi connectivity index (χ1) is 11.6. The third-order valence-electron chi connectivity index (χ3n) is 5.22. The monoisotopic (exact) mass is 366 g/mol. The summed E-state index contributed by atoms with van der Waals surface area (Å²) >= 11 is 3.15. The van der Waals surface area contributed by atoms with Crippen molar-refractivity contribution in [1.82, 2.24) is 4.98 Å². The van der Waals surface area contributed by atoms with Crippen molar-refractivity contribution in [2.75, 3.05) is 17.7 Å². The maximum absolute atomic E-state index is 12.1. The molecule has 1 aliphatic carbocycles. The minimum atomic E-state index is -0.494. The lowest BCUT2D eigenvalue weighted by Gasteiger charge is -2.44. The molecule has 2 aliphatic heterocycles. The van der Waals surface area contributed by atoms with Crippen LogP contribution in [0.2, 0.25) is 0 Å². The van der Waals surface area contributed by atoms with Gasteiger partial charge in [-0.3, -0.25) is 4.79 Å². The van der Waals surface area contributed by atoms with E-state index in [1.54, 1.807) is 11.8 Å². The van der Waals surface area contributed by atoms with E-state index in [1.807, 2.05) is 5.38 Å². The Morgan fingerprint density at radius 3 is 3.08 bits per heavy atom. The SMILES string of the molecule is C[C@H]1C[C@H]2CSC(N)=N[C@@]2(c2nc(NC(=O)C3CCC3)cs2)CO1. The number of fused-ring (bicyclic) bond motifs is 1. The number of thiazole rings is 1. The van der Waals surface area contributed by atoms with Gasteiger partial charge in [0.25, 0.3) is 0 Å². The van der Waals surface area contributed by atoms with Crippen molar-refractivity contribution >= 4 is 40.0 Å². The molecule has 6 nitrogen and oxygen atoms in total. The molecule has 0 bridgehead atoms. The van der Waals surface area contributed by atoms with Crippen molar-refractivity contribution in [3.05, 3.63) is 10.4 Å². The number of carbonyl (C=O) groups is 1. The van der Waals surface area contributed by atoms with E-state index < -0.39 is 5.54 Å². The summed E-state index contributed by atoms with van der Waals surface area (Å²) in [7, 11) is 0. The maximum Gasteiger partial charge on any atom is 0.228 e. The molecule has 1 aromatic rings. The van der Waals surface area contributed by atoms with Gasteiger partial charge in [-0.05, 0) is 26.2 Å². The Morgan fingerprint density at radius 2 is 2.33 bits per heavy atom. The quantitative estimate of drug-likeness (QED) is 0.858. The first kappa shape index (κ1) is 16.4. The summed E-state index contributed by atoms with van der Waals surface area (Å²) in [6, 6.07) is 0. The molecule has 4 rings (SSSR count). The summed E-state index contributed by atoms with van der Waals surface area (Å²) in [6.45, 7) is 2.60. The minimum absolute atomic E-state index is 0.0860. The molecule has 0 spiro atoms. The molecule has 0 aromatic carbocycles. The Labute approximate surface area is 149 Å². The number of hydrogen-bond donors (Lipinski definition) is 2. The van der Waals surface area contributed by atoms with E-state index in [4.69, 9.17) is 15.5 Å². The zero-order valence-corrected chi connectivity index (χ0v) is 15.3. The number of hydrogen-bond acceptors (Lipinski definition) is 7. The highest BCUT2D eigenvalue weighted by atomic mass is 32.2. The van der Waals surface area contributed by atoms with Crippen molar-refractivity contribution in [3.8, 4) is 0 Å². The molecule has 0 unspecified atom stereocenters. The number of aromatic nitrogens is 1. The average Bonchev–Trinajstić information content (AvgIpc) is 2.94. The number of aliphatic imine (C=N–C) groups is 1. The Bertz CT molecular complexity index is 673. The third-order valence-corrected chi connectivity index (χ3v) is 7.19. The molecule has 2 fully saturated rings. The number of rotatable bonds is 3. The first-order valence-corrected chi connectivity index (χ1v) is 10.3. The van der Waals surface area contributed by atoms with E-state index in [1.165, 1.54) is 11.3 Å². The van der Waals surface area contributed by atoms with E-state index in [0.29, 0.717) is 23.5 Å². The van der Waals surface area contributed by atoms with Gasteiger partial charge in [0.05, 0.1) is 12.7 Å². The Balaban J connectivity index is 1.59. The van der Waals surface area contributed by atoms with Crippen molar-refractivity contribution in [1.29, 1.82) is 0 Å². The molecule has 1 amide bonds. The number of nitrogens with two attached hydrogens (primary N) is 1. The minimum Gasteiger partial charge on any atom is -0.379 e. The van der Waals surface area contributed by atoms with Crippen molar-refractivity contribution < 1.29 is 9.53 Å². The van der Waals surface area contributed by atoms with Crippen LogP contribution in [-0.4, -0.2) is 34.5 Å². The Kier molecular flexibility index (Phi) is 4.30. The van der Waals surface area contributed by atoms with Gasteiger partial charge in [0.2, 0.25) is 5.91 Å². The van der Waals surface area contributed by atoms with Crippen LogP contribution < -0.4 is 11.1 Å². The summed E-state index contributed by atoms with van der Waals surface area (Å²) in [4.78, 5) is 21.6. The largest absolute Gasteiger partial charge is 0.379 e. The van der Waals surface area contributed by atoms with Gasteiger partial charge in [0.15, 0.2) is 5.17 Å². The molecule has 8 heteroatoms. The predicted molar refractivity (Wildman–Crippen MR) is 97.4 cm³/mol. The molecule has 24 heavy (non-hydrogen) atoms. The van der Waals surface area contributed by atoms with Gasteiger partial charge < -0.3 is 15.8 Å². The van der Waals surface area contributed by atoms with Gasteiger partial charge in [0.1, 0.15) is 16.4 Å². The number of carbonyl (C=O) groups excluding carboxylic acids is 1. The highest BCUT2D eigenvalue weighted by molar-refractivity contribution is 8.13. The average molecular weight is 367 g/mol. The van der Waals surface area contributed by atoms with Crippen LogP contribution in [0.5, 0.6) is 0 Å². The van der Waals surface area contributed by atoms with Gasteiger partial charge >= 0.3 is 0 Å². The number of amides is 1. The maximum atomic E-state index is 12.1. The smallest absolute Gasteiger partial charge is 0.228 e. The summed E-state index contributed by atoms with van der Waals surface area (Å²) < 4.78 is 5.92. The van der Waals surface area contributed by atoms with Crippen LogP contribution >= 0.6 is 23.1 Å². The van der Waals surface area contributed by atoms with E-state index >= 15 is 0 Å². The van der Waals surface area contributed by atoms with E-state index in [2.05, 4.69) is 17.2 Å². The topological polar surface area (TPSA) is 89.6 Å². The zero-order valence-electron chi connectivity index (χ0n) is 13.7. The number of anilines is 1. The summed E-state index contributed by atoms with van der Waals surface area (Å²) in [6.07, 6.45) is 4.30. The normalized spacial score (nSPS) is 33.3. The highest BCUT2D eigenvalue weighted by Crippen LogP contribution is 2.47. The second-order valence-corrected chi connectivity index (χ2v) is 8.79. The van der Waals surface area contributed by atoms with Crippen LogP contribution in [0.4, 0.5) is 5.82 Å². The number of amidine groups is 1. The first-order valence-electron chi connectivity index (χ1n) is 8.43. The summed E-state index contributed by atoms with van der Waals surface area (Å²) in [5, 5.41) is 6.35. The number of nitrogens with zero attached hydrogens (tertiary/aromatic N) is 2. The fraction of sp³-hybridized carbons (Fsp3) is 0.688. The third kappa shape index (κ3) is 2.84. The molecule has 1 saturated heterocycles. The summed E-state index contributed by atoms with van der Waals surface area (Å²) in [5.74, 6) is 2.17. The van der Waals surface area contributed by atoms with Crippen LogP contribution in [0.1, 0.15) is 37.6 Å². The van der Waals surface area contributed by atoms with Crippen molar-refractivity contribution in [3.63, 3.8) is 0 Å². The lowest BCUT2D eigenvalue weighted by atomic mass is 9.80. The van der Waals surface area contributed by atoms with Gasteiger partial charge in [-0.25, -0.2) is 9.98 Å². The van der Waals surface area contributed by atoms with Crippen LogP contribution in [0, 0.1) is 11.8 Å². The highest BCUT2D eigenvalue weighted by Gasteiger charge is 2.49. The fourth-order valence-corrected chi connectivity index (χ4v) is 5.48. The lowest BCUT2D eigenvalue weighted by Crippen LogP contribution is -2.49. The molecular weight excluding hydrogens is 344 g/mol. The molecule has 0 radical (unpaired) electrons. The lowest BCUT2D eigenvalue weighted by molar-refractivity contribution is -0.122. The molecule has 3 atom stereocenters. The second-order valence-electron chi connectivity index (χ2n) is 6.89. The van der Waals surface area contributed by atoms with Gasteiger partial charge in [0, 0.05) is 23.0 Å². The molecule has 130 valence electrons. The van der Waals surface area contributed by atoms with Crippen LogP contribution in [0.25, 0.3) is 0 Å². The van der Waals surface area contributed by atoms with Gasteiger partial charge in [-0.15, -0.1) is 11.3 Å². The molecule has 3 heterocycles. The van der Waals surface area contributed by atoms with E-state index in [0.717, 1.165) is 36.4 Å². The zero-order chi connectivity index (χ0) is 16.7. The van der Waals surface area contributed by atoms with Crippen molar-refractivity contribution in [2.24, 2.45) is 22.6 Å². The predicted octanol–water partition coefficient (Wildman–Crippen LogP) is 2.56. The number of ether oxygens (including phenoxy) is 1. The Morgan fingerprint density at radius 1 is 1.50 bits per heavy atom. The standard InChI is InChI=1S/C16H22N4O2S2/c1-9-5-11-6-24-15(17)20-16(11,8-22-9)14-19-12(7-23-14)18-13(21)10-3-2-4-10/h7,9-11H,2-6,8H2,1H3,(H2,17,20)(H,18,21)/t9-,11-,16-/m0/s1. The number of nitrogens with one attached hydrogen (secondary N) is 1. The van der Waals surface area contributed by atoms with Crippen molar-refractivity contribution in [2.45, 2.75) is 44.2 Å². The van der Waals surface area contributed by atoms with Crippen LogP contribution in [-0.2, 0) is 15.1 Å². The molecular formula is C16H22N4O2S2. The molecule has 1 saturated carbocycles. The van der Waals surface area contributed by atoms with Crippen LogP contribution in [0.3, 0.4) is 0 Å². The van der Waals surface area contributed by atoms with Gasteiger partial charge in [-0.1, -0.05) is 18.2 Å². The van der Waals surface area contributed by atoms with E-state index in [9.17, 15) is 4.79 Å². The van der Waals surface area contributed by atoms with Crippen LogP contribution in [0.15, 0.2) is 10.4 Å². The number of thioether (sulfide) groups is 1. The summed E-state index contributed by atoms with van der Waals surface area (Å²) in [5.41, 5.74) is 5.52. The second kappa shape index (κ2) is 6.31. The molecule has 3 N–H and O–H groups in total. The molecule has 3 aliphatic rings.